The van der Waals surface area contributed by atoms with Crippen LogP contribution in [0.5, 0.6) is 0 Å². The molecule has 0 fully saturated rings. The molecule has 0 spiro atoms. The van der Waals surface area contributed by atoms with E-state index >= 15 is 0 Å². The fraction of sp³-hybridized carbons (Fsp3) is 0. The molecule has 2 rings (SSSR count). The first kappa shape index (κ1) is 10.0. The Kier molecular flexibility index (Phi) is 2.32. The standard InChI is InChI=1S/C7H3BrFNO2S2/c8-6-2-1-4-5(14(9,11)12)3-13-7(4)10-6/h1-3H. The number of hydrogen-bond acceptors (Lipinski definition) is 4. The molecule has 0 amide bonds. The molecule has 7 heteroatoms. The molecule has 74 valence electrons. The number of fused-ring (bicyclic) bond motifs is 1. The summed E-state index contributed by atoms with van der Waals surface area (Å²) >= 11 is 4.24. The lowest BCUT2D eigenvalue weighted by Crippen LogP contribution is -1.89. The molecule has 0 N–H and O–H groups in total. The van der Waals surface area contributed by atoms with Gasteiger partial charge in [0.2, 0.25) is 0 Å². The van der Waals surface area contributed by atoms with Gasteiger partial charge in [0, 0.05) is 10.8 Å². The number of nitrogens with zero attached hydrogens (tertiary/aromatic N) is 1. The van der Waals surface area contributed by atoms with Crippen molar-refractivity contribution in [3.63, 3.8) is 0 Å². The van der Waals surface area contributed by atoms with E-state index < -0.39 is 10.2 Å². The molecular weight excluding hydrogens is 293 g/mol. The van der Waals surface area contributed by atoms with E-state index in [1.165, 1.54) is 11.4 Å². The minimum absolute atomic E-state index is 0.308. The minimum Gasteiger partial charge on any atom is -0.230 e. The van der Waals surface area contributed by atoms with Gasteiger partial charge in [0.05, 0.1) is 0 Å². The van der Waals surface area contributed by atoms with E-state index in [9.17, 15) is 12.3 Å². The molecule has 2 heterocycles. The Labute approximate surface area is 91.9 Å². The molecule has 0 saturated heterocycles. The molecule has 2 aromatic rings. The van der Waals surface area contributed by atoms with Crippen molar-refractivity contribution in [2.75, 3.05) is 0 Å². The smallest absolute Gasteiger partial charge is 0.230 e. The molecule has 0 unspecified atom stereocenters. The van der Waals surface area contributed by atoms with Crippen LogP contribution in [0, 0.1) is 0 Å². The van der Waals surface area contributed by atoms with Crippen LogP contribution in [0.4, 0.5) is 3.89 Å². The zero-order valence-corrected chi connectivity index (χ0v) is 9.79. The number of aromatic nitrogens is 1. The van der Waals surface area contributed by atoms with Crippen LogP contribution in [0.3, 0.4) is 0 Å². The van der Waals surface area contributed by atoms with Gasteiger partial charge in [-0.1, -0.05) is 0 Å². The Balaban J connectivity index is 2.83. The zero-order valence-electron chi connectivity index (χ0n) is 6.57. The van der Waals surface area contributed by atoms with Crippen LogP contribution < -0.4 is 0 Å². The molecule has 0 aromatic carbocycles. The van der Waals surface area contributed by atoms with Crippen molar-refractivity contribution in [1.82, 2.24) is 4.98 Å². The highest BCUT2D eigenvalue weighted by molar-refractivity contribution is 9.10. The summed E-state index contributed by atoms with van der Waals surface area (Å²) in [6, 6.07) is 3.10. The van der Waals surface area contributed by atoms with Crippen molar-refractivity contribution in [2.24, 2.45) is 0 Å². The summed E-state index contributed by atoms with van der Waals surface area (Å²) in [7, 11) is -4.64. The van der Waals surface area contributed by atoms with Gasteiger partial charge in [0.25, 0.3) is 0 Å². The van der Waals surface area contributed by atoms with Gasteiger partial charge in [-0.3, -0.25) is 0 Å². The predicted octanol–water partition coefficient (Wildman–Crippen LogP) is 2.72. The van der Waals surface area contributed by atoms with Gasteiger partial charge in [-0.2, -0.15) is 8.42 Å². The topological polar surface area (TPSA) is 47.0 Å². The number of hydrogen-bond donors (Lipinski definition) is 0. The SMILES string of the molecule is O=S(=O)(F)c1csc2nc(Br)ccc12. The fourth-order valence-corrected chi connectivity index (χ4v) is 3.38. The molecule has 0 atom stereocenters. The second-order valence-corrected chi connectivity index (χ2v) is 5.51. The Bertz CT molecular complexity index is 593. The van der Waals surface area contributed by atoms with Crippen molar-refractivity contribution in [1.29, 1.82) is 0 Å². The Hall–Kier alpha value is -0.530. The number of pyridine rings is 1. The van der Waals surface area contributed by atoms with Gasteiger partial charge in [0.1, 0.15) is 14.3 Å². The first-order chi connectivity index (χ1) is 6.48. The van der Waals surface area contributed by atoms with E-state index in [1.807, 2.05) is 0 Å². The lowest BCUT2D eigenvalue weighted by molar-refractivity contribution is 0.553. The van der Waals surface area contributed by atoms with Crippen molar-refractivity contribution < 1.29 is 12.3 Å². The van der Waals surface area contributed by atoms with Crippen molar-refractivity contribution in [3.8, 4) is 0 Å². The van der Waals surface area contributed by atoms with Crippen LogP contribution in [0.25, 0.3) is 10.2 Å². The van der Waals surface area contributed by atoms with E-state index in [1.54, 1.807) is 6.07 Å². The molecular formula is C7H3BrFNO2S2. The van der Waals surface area contributed by atoms with Gasteiger partial charge in [-0.25, -0.2) is 4.98 Å². The highest BCUT2D eigenvalue weighted by Crippen LogP contribution is 2.30. The second kappa shape index (κ2) is 3.25. The summed E-state index contributed by atoms with van der Waals surface area (Å²) in [6.45, 7) is 0. The van der Waals surface area contributed by atoms with Gasteiger partial charge in [-0.15, -0.1) is 15.2 Å². The molecule has 2 aromatic heterocycles. The molecule has 0 aliphatic heterocycles. The highest BCUT2D eigenvalue weighted by Gasteiger charge is 2.18. The lowest BCUT2D eigenvalue weighted by atomic mass is 10.3. The summed E-state index contributed by atoms with van der Waals surface area (Å²) in [5.74, 6) is 0. The number of thiophene rings is 1. The van der Waals surface area contributed by atoms with Crippen LogP contribution in [0.15, 0.2) is 27.0 Å². The van der Waals surface area contributed by atoms with Crippen molar-refractivity contribution in [2.45, 2.75) is 4.90 Å². The summed E-state index contributed by atoms with van der Waals surface area (Å²) in [5, 5.41) is 1.57. The van der Waals surface area contributed by atoms with Gasteiger partial charge in [-0.05, 0) is 28.1 Å². The monoisotopic (exact) mass is 295 g/mol. The molecule has 0 aliphatic rings. The quantitative estimate of drug-likeness (QED) is 0.600. The summed E-state index contributed by atoms with van der Waals surface area (Å²) in [6.07, 6.45) is 0. The minimum atomic E-state index is -4.64. The van der Waals surface area contributed by atoms with Crippen LogP contribution in [-0.4, -0.2) is 13.4 Å². The normalized spacial score (nSPS) is 12.1. The predicted molar refractivity (Wildman–Crippen MR) is 55.6 cm³/mol. The lowest BCUT2D eigenvalue weighted by Gasteiger charge is -1.92. The molecule has 0 bridgehead atoms. The third kappa shape index (κ3) is 1.67. The van der Waals surface area contributed by atoms with Crippen molar-refractivity contribution in [3.05, 3.63) is 22.1 Å². The van der Waals surface area contributed by atoms with Gasteiger partial charge in [0.15, 0.2) is 0 Å². The first-order valence-electron chi connectivity index (χ1n) is 3.47. The second-order valence-electron chi connectivity index (χ2n) is 2.52. The maximum atomic E-state index is 12.7. The van der Waals surface area contributed by atoms with E-state index in [4.69, 9.17) is 0 Å². The first-order valence-corrected chi connectivity index (χ1v) is 6.52. The third-order valence-electron chi connectivity index (χ3n) is 1.63. The average Bonchev–Trinajstić information content (AvgIpc) is 2.45. The largest absolute Gasteiger partial charge is 0.333 e. The average molecular weight is 296 g/mol. The van der Waals surface area contributed by atoms with Crippen LogP contribution in [0.2, 0.25) is 0 Å². The summed E-state index contributed by atoms with van der Waals surface area (Å²) in [5.41, 5.74) is 0. The van der Waals surface area contributed by atoms with E-state index in [0.29, 0.717) is 14.8 Å². The summed E-state index contributed by atoms with van der Waals surface area (Å²) < 4.78 is 34.7. The van der Waals surface area contributed by atoms with Crippen LogP contribution in [0.1, 0.15) is 0 Å². The molecule has 3 nitrogen and oxygen atoms in total. The maximum Gasteiger partial charge on any atom is 0.333 e. The van der Waals surface area contributed by atoms with E-state index in [-0.39, 0.29) is 4.90 Å². The number of halogens is 2. The molecule has 14 heavy (non-hydrogen) atoms. The Morgan fingerprint density at radius 2 is 2.14 bits per heavy atom. The Morgan fingerprint density at radius 3 is 2.79 bits per heavy atom. The van der Waals surface area contributed by atoms with E-state index in [2.05, 4.69) is 20.9 Å². The van der Waals surface area contributed by atoms with Crippen LogP contribution in [-0.2, 0) is 10.2 Å². The highest BCUT2D eigenvalue weighted by atomic mass is 79.9. The summed E-state index contributed by atoms with van der Waals surface area (Å²) in [4.78, 5) is 4.20. The third-order valence-corrected chi connectivity index (χ3v) is 3.97. The fourth-order valence-electron chi connectivity index (χ4n) is 1.06. The Morgan fingerprint density at radius 1 is 1.43 bits per heavy atom. The van der Waals surface area contributed by atoms with Crippen LogP contribution >= 0.6 is 27.3 Å². The zero-order chi connectivity index (χ0) is 10.3. The van der Waals surface area contributed by atoms with Gasteiger partial charge >= 0.3 is 10.2 Å². The number of rotatable bonds is 1. The molecule has 0 radical (unpaired) electrons. The van der Waals surface area contributed by atoms with Crippen molar-refractivity contribution >= 4 is 47.7 Å². The maximum absolute atomic E-state index is 12.7. The molecule has 0 aliphatic carbocycles. The molecule has 0 saturated carbocycles. The van der Waals surface area contributed by atoms with Gasteiger partial charge < -0.3 is 0 Å². The van der Waals surface area contributed by atoms with E-state index in [0.717, 1.165) is 11.3 Å².